The van der Waals surface area contributed by atoms with Crippen LogP contribution in [0.15, 0.2) is 24.3 Å². The van der Waals surface area contributed by atoms with Crippen molar-refractivity contribution in [3.8, 4) is 5.75 Å². The molecule has 0 aromatic heterocycles. The number of nitrogens with one attached hydrogen (secondary N) is 2. The molecule has 0 spiro atoms. The molecule has 1 aliphatic heterocycles. The number of benzene rings is 1. The van der Waals surface area contributed by atoms with Gasteiger partial charge in [-0.15, -0.1) is 0 Å². The monoisotopic (exact) mass is 276 g/mol. The van der Waals surface area contributed by atoms with E-state index < -0.39 is 0 Å². The maximum atomic E-state index is 11.8. The number of hydrogen-bond donors (Lipinski definition) is 2. The number of amides is 1. The average molecular weight is 276 g/mol. The van der Waals surface area contributed by atoms with Crippen LogP contribution < -0.4 is 15.4 Å². The molecule has 20 heavy (non-hydrogen) atoms. The zero-order valence-electron chi connectivity index (χ0n) is 12.2. The normalized spacial score (nSPS) is 17.9. The predicted molar refractivity (Wildman–Crippen MR) is 79.9 cm³/mol. The lowest BCUT2D eigenvalue weighted by molar-refractivity contribution is -0.121. The van der Waals surface area contributed by atoms with Gasteiger partial charge in [-0.2, -0.15) is 0 Å². The molecule has 0 bridgehead atoms. The molecule has 0 saturated carbocycles. The molecule has 110 valence electrons. The molecule has 1 aromatic carbocycles. The maximum absolute atomic E-state index is 11.8. The minimum atomic E-state index is 0.159. The molecule has 1 aromatic rings. The predicted octanol–water partition coefficient (Wildman–Crippen LogP) is 1.74. The number of carbonyl (C=O) groups excluding carboxylic acids is 1. The van der Waals surface area contributed by atoms with Crippen LogP contribution in [0.2, 0.25) is 0 Å². The van der Waals surface area contributed by atoms with E-state index in [0.29, 0.717) is 18.9 Å². The summed E-state index contributed by atoms with van der Waals surface area (Å²) in [6.45, 7) is 2.83. The van der Waals surface area contributed by atoms with Gasteiger partial charge in [0.15, 0.2) is 0 Å². The van der Waals surface area contributed by atoms with E-state index in [2.05, 4.69) is 10.6 Å². The number of rotatable bonds is 7. The van der Waals surface area contributed by atoms with Crippen LogP contribution in [0, 0.1) is 5.92 Å². The molecule has 1 heterocycles. The van der Waals surface area contributed by atoms with Gasteiger partial charge in [-0.3, -0.25) is 4.79 Å². The summed E-state index contributed by atoms with van der Waals surface area (Å²) in [5.41, 5.74) is 1.13. The largest absolute Gasteiger partial charge is 0.496 e. The van der Waals surface area contributed by atoms with E-state index >= 15 is 0 Å². The number of carbonyl (C=O) groups is 1. The Morgan fingerprint density at radius 1 is 1.45 bits per heavy atom. The molecule has 1 saturated heterocycles. The highest BCUT2D eigenvalue weighted by Crippen LogP contribution is 2.17. The van der Waals surface area contributed by atoms with E-state index in [0.717, 1.165) is 37.2 Å². The highest BCUT2D eigenvalue weighted by atomic mass is 16.5. The smallest absolute Gasteiger partial charge is 0.220 e. The number of ether oxygens (including phenoxy) is 1. The number of hydrogen-bond acceptors (Lipinski definition) is 3. The van der Waals surface area contributed by atoms with Gasteiger partial charge in [0, 0.05) is 13.0 Å². The zero-order chi connectivity index (χ0) is 14.2. The molecule has 4 nitrogen and oxygen atoms in total. The average Bonchev–Trinajstić information content (AvgIpc) is 2.99. The Morgan fingerprint density at radius 2 is 2.30 bits per heavy atom. The fourth-order valence-electron chi connectivity index (χ4n) is 2.63. The molecule has 0 radical (unpaired) electrons. The van der Waals surface area contributed by atoms with Crippen molar-refractivity contribution in [2.45, 2.75) is 25.7 Å². The van der Waals surface area contributed by atoms with Crippen molar-refractivity contribution in [1.82, 2.24) is 10.6 Å². The van der Waals surface area contributed by atoms with E-state index in [1.165, 1.54) is 6.42 Å². The van der Waals surface area contributed by atoms with Gasteiger partial charge in [-0.25, -0.2) is 0 Å². The SMILES string of the molecule is COc1ccccc1CCNC(=O)CCC1CCNC1. The minimum Gasteiger partial charge on any atom is -0.496 e. The summed E-state index contributed by atoms with van der Waals surface area (Å²) in [6, 6.07) is 7.93. The Hall–Kier alpha value is -1.55. The molecule has 0 aliphatic carbocycles. The van der Waals surface area contributed by atoms with Gasteiger partial charge in [-0.1, -0.05) is 18.2 Å². The van der Waals surface area contributed by atoms with Gasteiger partial charge in [0.05, 0.1) is 7.11 Å². The Kier molecular flexibility index (Phi) is 5.87. The minimum absolute atomic E-state index is 0.159. The molecule has 4 heteroatoms. The summed E-state index contributed by atoms with van der Waals surface area (Å²) >= 11 is 0. The van der Waals surface area contributed by atoms with Crippen molar-refractivity contribution < 1.29 is 9.53 Å². The standard InChI is InChI=1S/C16H24N2O2/c1-20-15-5-3-2-4-14(15)9-11-18-16(19)7-6-13-8-10-17-12-13/h2-5,13,17H,6-12H2,1H3,(H,18,19). The second-order valence-electron chi connectivity index (χ2n) is 5.31. The number of methoxy groups -OCH3 is 1. The van der Waals surface area contributed by atoms with E-state index in [4.69, 9.17) is 4.74 Å². The maximum Gasteiger partial charge on any atom is 0.220 e. The van der Waals surface area contributed by atoms with E-state index in [1.807, 2.05) is 24.3 Å². The van der Waals surface area contributed by atoms with Crippen LogP contribution in [0.3, 0.4) is 0 Å². The summed E-state index contributed by atoms with van der Waals surface area (Å²) < 4.78 is 5.30. The van der Waals surface area contributed by atoms with Crippen molar-refractivity contribution in [2.75, 3.05) is 26.7 Å². The van der Waals surface area contributed by atoms with Crippen molar-refractivity contribution in [3.05, 3.63) is 29.8 Å². The Labute approximate surface area is 120 Å². The van der Waals surface area contributed by atoms with Gasteiger partial charge in [-0.05, 0) is 49.9 Å². The third-order valence-electron chi connectivity index (χ3n) is 3.85. The third-order valence-corrected chi connectivity index (χ3v) is 3.85. The molecule has 2 rings (SSSR count). The lowest BCUT2D eigenvalue weighted by Crippen LogP contribution is -2.26. The fraction of sp³-hybridized carbons (Fsp3) is 0.562. The van der Waals surface area contributed by atoms with Crippen molar-refractivity contribution >= 4 is 5.91 Å². The van der Waals surface area contributed by atoms with Crippen LogP contribution in [0.25, 0.3) is 0 Å². The summed E-state index contributed by atoms with van der Waals surface area (Å²) in [7, 11) is 1.67. The quantitative estimate of drug-likeness (QED) is 0.797. The van der Waals surface area contributed by atoms with Crippen molar-refractivity contribution in [3.63, 3.8) is 0 Å². The molecular weight excluding hydrogens is 252 g/mol. The van der Waals surface area contributed by atoms with Gasteiger partial charge < -0.3 is 15.4 Å². The summed E-state index contributed by atoms with van der Waals surface area (Å²) in [5.74, 6) is 1.72. The topological polar surface area (TPSA) is 50.4 Å². The highest BCUT2D eigenvalue weighted by Gasteiger charge is 2.15. The molecular formula is C16H24N2O2. The zero-order valence-corrected chi connectivity index (χ0v) is 12.2. The van der Waals surface area contributed by atoms with E-state index in [1.54, 1.807) is 7.11 Å². The van der Waals surface area contributed by atoms with Crippen LogP contribution in [0.4, 0.5) is 0 Å². The van der Waals surface area contributed by atoms with E-state index in [9.17, 15) is 4.79 Å². The summed E-state index contributed by atoms with van der Waals surface area (Å²) in [4.78, 5) is 11.8. The Balaban J connectivity index is 1.65. The molecule has 2 N–H and O–H groups in total. The van der Waals surface area contributed by atoms with Crippen LogP contribution in [-0.2, 0) is 11.2 Å². The summed E-state index contributed by atoms with van der Waals surface area (Å²) in [5, 5.41) is 6.32. The lowest BCUT2D eigenvalue weighted by atomic mass is 10.0. The highest BCUT2D eigenvalue weighted by molar-refractivity contribution is 5.75. The van der Waals surface area contributed by atoms with Crippen molar-refractivity contribution in [2.24, 2.45) is 5.92 Å². The first-order valence-corrected chi connectivity index (χ1v) is 7.39. The molecule has 1 fully saturated rings. The molecule has 1 amide bonds. The Morgan fingerprint density at radius 3 is 3.05 bits per heavy atom. The van der Waals surface area contributed by atoms with Crippen molar-refractivity contribution in [1.29, 1.82) is 0 Å². The Bertz CT molecular complexity index is 428. The summed E-state index contributed by atoms with van der Waals surface area (Å²) in [6.07, 6.45) is 3.64. The van der Waals surface area contributed by atoms with Crippen LogP contribution in [0.5, 0.6) is 5.75 Å². The van der Waals surface area contributed by atoms with Crippen LogP contribution in [0.1, 0.15) is 24.8 Å². The lowest BCUT2D eigenvalue weighted by Gasteiger charge is -2.10. The van der Waals surface area contributed by atoms with Gasteiger partial charge in [0.25, 0.3) is 0 Å². The van der Waals surface area contributed by atoms with Crippen LogP contribution >= 0.6 is 0 Å². The first-order valence-electron chi connectivity index (χ1n) is 7.39. The first kappa shape index (κ1) is 14.9. The first-order chi connectivity index (χ1) is 9.79. The van der Waals surface area contributed by atoms with Gasteiger partial charge in [0.2, 0.25) is 5.91 Å². The molecule has 1 unspecified atom stereocenters. The van der Waals surface area contributed by atoms with Gasteiger partial charge >= 0.3 is 0 Å². The number of para-hydroxylation sites is 1. The second kappa shape index (κ2) is 7.90. The van der Waals surface area contributed by atoms with E-state index in [-0.39, 0.29) is 5.91 Å². The third kappa shape index (κ3) is 4.53. The van der Waals surface area contributed by atoms with Crippen LogP contribution in [-0.4, -0.2) is 32.7 Å². The fourth-order valence-corrected chi connectivity index (χ4v) is 2.63. The second-order valence-corrected chi connectivity index (χ2v) is 5.31. The molecule has 1 atom stereocenters. The van der Waals surface area contributed by atoms with Gasteiger partial charge in [0.1, 0.15) is 5.75 Å². The molecule has 1 aliphatic rings.